The number of hydrogen-bond donors (Lipinski definition) is 8. The summed E-state index contributed by atoms with van der Waals surface area (Å²) in [4.78, 5) is 13.4. The number of aliphatic hydroxyl groups excluding tert-OH is 4. The molecule has 1 fully saturated rings. The van der Waals surface area contributed by atoms with Crippen molar-refractivity contribution >= 4 is 11.0 Å². The maximum absolute atomic E-state index is 13.4. The van der Waals surface area contributed by atoms with E-state index in [9.17, 15) is 45.6 Å². The molecule has 188 valence electrons. The highest BCUT2D eigenvalue weighted by atomic mass is 16.7. The van der Waals surface area contributed by atoms with Crippen LogP contribution in [0.3, 0.4) is 0 Å². The van der Waals surface area contributed by atoms with E-state index in [4.69, 9.17) is 18.6 Å². The average molecular weight is 494 g/mol. The SMILES string of the molecule is COc1cc2oc(-c3ccc(O)c(O)c3)c(O[C@@H]3O[C@H](CO)[C@@H](O)[C@@H](O)[C@@H]3O)c(=O)c2c(O)c1O. The van der Waals surface area contributed by atoms with E-state index in [-0.39, 0.29) is 22.7 Å². The van der Waals surface area contributed by atoms with Gasteiger partial charge < -0.3 is 59.5 Å². The van der Waals surface area contributed by atoms with Gasteiger partial charge in [-0.05, 0) is 18.2 Å². The summed E-state index contributed by atoms with van der Waals surface area (Å²) in [6.07, 6.45) is -8.55. The molecule has 4 rings (SSSR count). The van der Waals surface area contributed by atoms with Crippen LogP contribution in [0.2, 0.25) is 0 Å². The molecule has 0 spiro atoms. The number of aromatic hydroxyl groups is 4. The van der Waals surface area contributed by atoms with Crippen LogP contribution in [0.5, 0.6) is 34.5 Å². The maximum atomic E-state index is 13.4. The molecule has 2 aromatic carbocycles. The number of fused-ring (bicyclic) bond motifs is 1. The zero-order valence-electron chi connectivity index (χ0n) is 18.0. The fourth-order valence-corrected chi connectivity index (χ4v) is 3.68. The molecule has 2 heterocycles. The van der Waals surface area contributed by atoms with Gasteiger partial charge in [-0.2, -0.15) is 0 Å². The topological polar surface area (TPSA) is 220 Å². The Bertz CT molecular complexity index is 1320. The van der Waals surface area contributed by atoms with Gasteiger partial charge in [-0.1, -0.05) is 0 Å². The van der Waals surface area contributed by atoms with Crippen LogP contribution in [-0.4, -0.2) is 85.3 Å². The summed E-state index contributed by atoms with van der Waals surface area (Å²) >= 11 is 0. The van der Waals surface area contributed by atoms with Gasteiger partial charge >= 0.3 is 0 Å². The van der Waals surface area contributed by atoms with Crippen LogP contribution in [0.15, 0.2) is 33.5 Å². The minimum Gasteiger partial charge on any atom is -0.504 e. The summed E-state index contributed by atoms with van der Waals surface area (Å²) in [5.74, 6) is -3.98. The van der Waals surface area contributed by atoms with Crippen LogP contribution < -0.4 is 14.9 Å². The molecular weight excluding hydrogens is 472 g/mol. The summed E-state index contributed by atoms with van der Waals surface area (Å²) in [6.45, 7) is -0.760. The van der Waals surface area contributed by atoms with Gasteiger partial charge in [0.2, 0.25) is 23.2 Å². The largest absolute Gasteiger partial charge is 0.504 e. The minimum absolute atomic E-state index is 0.00502. The molecule has 5 atom stereocenters. The zero-order valence-corrected chi connectivity index (χ0v) is 18.0. The number of hydrogen-bond acceptors (Lipinski definition) is 13. The summed E-state index contributed by atoms with van der Waals surface area (Å²) in [5, 5.41) is 79.4. The molecule has 0 radical (unpaired) electrons. The van der Waals surface area contributed by atoms with Gasteiger partial charge in [0, 0.05) is 11.6 Å². The van der Waals surface area contributed by atoms with Crippen molar-refractivity contribution in [1.82, 2.24) is 0 Å². The van der Waals surface area contributed by atoms with Crippen LogP contribution in [-0.2, 0) is 4.74 Å². The standard InChI is InChI=1S/C22H22O13/c1-32-11-5-10-13(16(28)14(11)26)17(29)21(20(33-10)7-2-3-8(24)9(25)4-7)35-22-19(31)18(30)15(27)12(6-23)34-22/h2-5,12,15,18-19,22-28,30-31H,6H2,1H3/t12-,15-,18-,19+,22+/m1/s1. The number of rotatable bonds is 5. The molecule has 0 amide bonds. The summed E-state index contributed by atoms with van der Waals surface area (Å²) < 4.78 is 21.5. The molecular formula is C22H22O13. The maximum Gasteiger partial charge on any atom is 0.239 e. The van der Waals surface area contributed by atoms with Crippen molar-refractivity contribution in [1.29, 1.82) is 0 Å². The third kappa shape index (κ3) is 4.05. The van der Waals surface area contributed by atoms with Crippen LogP contribution in [0.25, 0.3) is 22.3 Å². The zero-order chi connectivity index (χ0) is 25.6. The van der Waals surface area contributed by atoms with E-state index < -0.39 is 76.9 Å². The molecule has 0 bridgehead atoms. The highest BCUT2D eigenvalue weighted by Gasteiger charge is 2.45. The molecule has 1 saturated heterocycles. The van der Waals surface area contributed by atoms with E-state index in [0.29, 0.717) is 0 Å². The lowest BCUT2D eigenvalue weighted by Gasteiger charge is -2.39. The van der Waals surface area contributed by atoms with E-state index in [0.717, 1.165) is 18.2 Å². The monoisotopic (exact) mass is 494 g/mol. The predicted molar refractivity (Wildman–Crippen MR) is 116 cm³/mol. The second-order valence-corrected chi connectivity index (χ2v) is 7.76. The highest BCUT2D eigenvalue weighted by Crippen LogP contribution is 2.44. The van der Waals surface area contributed by atoms with E-state index in [1.165, 1.54) is 13.2 Å². The van der Waals surface area contributed by atoms with Crippen molar-refractivity contribution in [2.75, 3.05) is 13.7 Å². The fraction of sp³-hybridized carbons (Fsp3) is 0.318. The van der Waals surface area contributed by atoms with E-state index in [1.54, 1.807) is 0 Å². The van der Waals surface area contributed by atoms with Crippen molar-refractivity contribution in [3.8, 4) is 45.8 Å². The van der Waals surface area contributed by atoms with Gasteiger partial charge in [0.1, 0.15) is 35.4 Å². The van der Waals surface area contributed by atoms with Crippen LogP contribution in [0, 0.1) is 0 Å². The van der Waals surface area contributed by atoms with Gasteiger partial charge in [-0.15, -0.1) is 0 Å². The van der Waals surface area contributed by atoms with Crippen LogP contribution in [0.1, 0.15) is 0 Å². The molecule has 0 aliphatic carbocycles. The Labute approximate surface area is 195 Å². The lowest BCUT2D eigenvalue weighted by Crippen LogP contribution is -2.60. The van der Waals surface area contributed by atoms with E-state index >= 15 is 0 Å². The van der Waals surface area contributed by atoms with Gasteiger partial charge in [0.15, 0.2) is 28.8 Å². The normalized spacial score (nSPS) is 24.4. The van der Waals surface area contributed by atoms with Crippen molar-refractivity contribution in [3.63, 3.8) is 0 Å². The first-order valence-electron chi connectivity index (χ1n) is 10.2. The summed E-state index contributed by atoms with van der Waals surface area (Å²) in [5.41, 5.74) is -1.31. The number of phenolic OH excluding ortho intramolecular Hbond substituents is 4. The number of aliphatic hydroxyl groups is 4. The number of methoxy groups -OCH3 is 1. The molecule has 35 heavy (non-hydrogen) atoms. The Morgan fingerprint density at radius 3 is 2.29 bits per heavy atom. The van der Waals surface area contributed by atoms with Crippen LogP contribution >= 0.6 is 0 Å². The van der Waals surface area contributed by atoms with Crippen molar-refractivity contribution in [2.24, 2.45) is 0 Å². The van der Waals surface area contributed by atoms with Crippen molar-refractivity contribution in [2.45, 2.75) is 30.7 Å². The lowest BCUT2D eigenvalue weighted by atomic mass is 9.99. The van der Waals surface area contributed by atoms with Gasteiger partial charge in [0.05, 0.1) is 13.7 Å². The van der Waals surface area contributed by atoms with Gasteiger partial charge in [-0.25, -0.2) is 0 Å². The van der Waals surface area contributed by atoms with Crippen LogP contribution in [0.4, 0.5) is 0 Å². The lowest BCUT2D eigenvalue weighted by molar-refractivity contribution is -0.277. The third-order valence-electron chi connectivity index (χ3n) is 5.59. The highest BCUT2D eigenvalue weighted by molar-refractivity contribution is 5.91. The number of ether oxygens (including phenoxy) is 3. The Morgan fingerprint density at radius 2 is 1.66 bits per heavy atom. The Hall–Kier alpha value is -3.75. The second-order valence-electron chi connectivity index (χ2n) is 7.76. The molecule has 0 unspecified atom stereocenters. The molecule has 8 N–H and O–H groups in total. The predicted octanol–water partition coefficient (Wildman–Crippen LogP) is -0.530. The first-order chi connectivity index (χ1) is 16.6. The quantitative estimate of drug-likeness (QED) is 0.209. The minimum atomic E-state index is -1.89. The van der Waals surface area contributed by atoms with E-state index in [2.05, 4.69) is 0 Å². The number of benzene rings is 2. The molecule has 1 aliphatic rings. The first kappa shape index (κ1) is 24.4. The Kier molecular flexibility index (Phi) is 6.36. The second kappa shape index (κ2) is 9.13. The average Bonchev–Trinajstić information content (AvgIpc) is 2.84. The van der Waals surface area contributed by atoms with Crippen molar-refractivity contribution < 1.29 is 59.5 Å². The molecule has 13 heteroatoms. The van der Waals surface area contributed by atoms with Crippen molar-refractivity contribution in [3.05, 3.63) is 34.5 Å². The van der Waals surface area contributed by atoms with E-state index in [1.807, 2.05) is 0 Å². The Balaban J connectivity index is 1.95. The third-order valence-corrected chi connectivity index (χ3v) is 5.59. The fourth-order valence-electron chi connectivity index (χ4n) is 3.68. The first-order valence-corrected chi connectivity index (χ1v) is 10.2. The molecule has 1 aromatic heterocycles. The molecule has 0 saturated carbocycles. The molecule has 1 aliphatic heterocycles. The number of phenols is 4. The van der Waals surface area contributed by atoms with Gasteiger partial charge in [-0.3, -0.25) is 4.79 Å². The summed E-state index contributed by atoms with van der Waals surface area (Å²) in [6, 6.07) is 4.52. The van der Waals surface area contributed by atoms with Gasteiger partial charge in [0.25, 0.3) is 0 Å². The molecule has 3 aromatic rings. The summed E-state index contributed by atoms with van der Waals surface area (Å²) in [7, 11) is 1.20. The smallest absolute Gasteiger partial charge is 0.239 e. The molecule has 13 nitrogen and oxygen atoms in total. The Morgan fingerprint density at radius 1 is 0.943 bits per heavy atom.